The van der Waals surface area contributed by atoms with E-state index < -0.39 is 18.4 Å². The summed E-state index contributed by atoms with van der Waals surface area (Å²) in [7, 11) is 0. The number of alkyl halides is 3. The molecule has 0 atom stereocenters. The van der Waals surface area contributed by atoms with Gasteiger partial charge in [0.1, 0.15) is 5.83 Å². The fraction of sp³-hybridized carbons (Fsp3) is 0.500. The molecule has 0 aliphatic rings. The van der Waals surface area contributed by atoms with Crippen molar-refractivity contribution in [3.8, 4) is 0 Å². The van der Waals surface area contributed by atoms with Gasteiger partial charge in [0.2, 0.25) is 0 Å². The van der Waals surface area contributed by atoms with Crippen molar-refractivity contribution in [2.75, 3.05) is 0 Å². The normalized spacial score (nSPS) is 14.1. The SMILES string of the molecule is C=C/C(F)=C(/C)CCC(F)(F)F. The standard InChI is InChI=1S/C8H10F4/c1-3-7(9)6(2)4-5-8(10,11)12/h3H,1,4-5H2,2H3/b7-6+. The van der Waals surface area contributed by atoms with Gasteiger partial charge in [0.05, 0.1) is 0 Å². The molecule has 0 heterocycles. The Morgan fingerprint density at radius 2 is 1.92 bits per heavy atom. The minimum absolute atomic E-state index is 0.0855. The minimum Gasteiger partial charge on any atom is -0.207 e. The molecule has 0 aromatic heterocycles. The van der Waals surface area contributed by atoms with Crippen molar-refractivity contribution in [3.63, 3.8) is 0 Å². The van der Waals surface area contributed by atoms with E-state index in [-0.39, 0.29) is 12.0 Å². The molecule has 0 aromatic carbocycles. The van der Waals surface area contributed by atoms with Gasteiger partial charge in [-0.3, -0.25) is 0 Å². The number of halogens is 4. The Labute approximate surface area is 68.6 Å². The fourth-order valence-electron chi connectivity index (χ4n) is 0.623. The van der Waals surface area contributed by atoms with E-state index in [2.05, 4.69) is 6.58 Å². The van der Waals surface area contributed by atoms with Gasteiger partial charge in [-0.1, -0.05) is 6.58 Å². The molecule has 0 saturated heterocycles. The molecule has 0 aliphatic heterocycles. The van der Waals surface area contributed by atoms with Crippen LogP contribution in [-0.2, 0) is 0 Å². The summed E-state index contributed by atoms with van der Waals surface area (Å²) in [5.41, 5.74) is 0.0855. The summed E-state index contributed by atoms with van der Waals surface area (Å²) in [6, 6.07) is 0. The molecule has 12 heavy (non-hydrogen) atoms. The largest absolute Gasteiger partial charge is 0.389 e. The first-order valence-electron chi connectivity index (χ1n) is 3.41. The smallest absolute Gasteiger partial charge is 0.207 e. The summed E-state index contributed by atoms with van der Waals surface area (Å²) in [4.78, 5) is 0. The number of hydrogen-bond donors (Lipinski definition) is 0. The fourth-order valence-corrected chi connectivity index (χ4v) is 0.623. The summed E-state index contributed by atoms with van der Waals surface area (Å²) in [5, 5.41) is 0. The van der Waals surface area contributed by atoms with Crippen molar-refractivity contribution < 1.29 is 17.6 Å². The Kier molecular flexibility index (Phi) is 4.00. The van der Waals surface area contributed by atoms with Crippen molar-refractivity contribution in [1.29, 1.82) is 0 Å². The highest BCUT2D eigenvalue weighted by Crippen LogP contribution is 2.25. The minimum atomic E-state index is -4.22. The molecule has 70 valence electrons. The lowest BCUT2D eigenvalue weighted by molar-refractivity contribution is -0.134. The second-order valence-electron chi connectivity index (χ2n) is 2.45. The van der Waals surface area contributed by atoms with Gasteiger partial charge in [0, 0.05) is 6.42 Å². The third-order valence-corrected chi connectivity index (χ3v) is 1.37. The number of rotatable bonds is 3. The molecule has 0 bridgehead atoms. The summed E-state index contributed by atoms with van der Waals surface area (Å²) in [5.74, 6) is -0.667. The van der Waals surface area contributed by atoms with Gasteiger partial charge in [-0.05, 0) is 25.0 Å². The van der Waals surface area contributed by atoms with Gasteiger partial charge in [-0.2, -0.15) is 13.2 Å². The van der Waals surface area contributed by atoms with E-state index in [9.17, 15) is 17.6 Å². The maximum Gasteiger partial charge on any atom is 0.389 e. The van der Waals surface area contributed by atoms with Gasteiger partial charge < -0.3 is 0 Å². The maximum atomic E-state index is 12.5. The quantitative estimate of drug-likeness (QED) is 0.460. The zero-order chi connectivity index (χ0) is 9.78. The van der Waals surface area contributed by atoms with Crippen LogP contribution in [0.5, 0.6) is 0 Å². The van der Waals surface area contributed by atoms with Crippen molar-refractivity contribution in [3.05, 3.63) is 24.1 Å². The molecular formula is C8H10F4. The highest BCUT2D eigenvalue weighted by Gasteiger charge is 2.26. The molecule has 0 fully saturated rings. The van der Waals surface area contributed by atoms with E-state index in [4.69, 9.17) is 0 Å². The van der Waals surface area contributed by atoms with Gasteiger partial charge in [-0.15, -0.1) is 0 Å². The Balaban J connectivity index is 4.03. The van der Waals surface area contributed by atoms with Gasteiger partial charge >= 0.3 is 6.18 Å². The van der Waals surface area contributed by atoms with Gasteiger partial charge in [0.15, 0.2) is 0 Å². The molecular weight excluding hydrogens is 172 g/mol. The van der Waals surface area contributed by atoms with E-state index in [1.54, 1.807) is 0 Å². The van der Waals surface area contributed by atoms with Crippen LogP contribution in [-0.4, -0.2) is 6.18 Å². The van der Waals surface area contributed by atoms with Crippen LogP contribution in [0.1, 0.15) is 19.8 Å². The first kappa shape index (κ1) is 11.2. The lowest BCUT2D eigenvalue weighted by Gasteiger charge is -2.05. The van der Waals surface area contributed by atoms with Gasteiger partial charge in [0.25, 0.3) is 0 Å². The van der Waals surface area contributed by atoms with E-state index in [0.717, 1.165) is 6.08 Å². The molecule has 0 nitrogen and oxygen atoms in total. The third-order valence-electron chi connectivity index (χ3n) is 1.37. The van der Waals surface area contributed by atoms with E-state index in [0.29, 0.717) is 0 Å². The molecule has 0 unspecified atom stereocenters. The second kappa shape index (κ2) is 4.28. The molecule has 0 saturated carbocycles. The van der Waals surface area contributed by atoms with Crippen molar-refractivity contribution in [2.24, 2.45) is 0 Å². The average Bonchev–Trinajstić information content (AvgIpc) is 1.97. The predicted octanol–water partition coefficient (Wildman–Crippen LogP) is 3.76. The van der Waals surface area contributed by atoms with Crippen LogP contribution in [0.25, 0.3) is 0 Å². The zero-order valence-corrected chi connectivity index (χ0v) is 6.71. The molecule has 4 heteroatoms. The van der Waals surface area contributed by atoms with Crippen LogP contribution in [0, 0.1) is 0 Å². The van der Waals surface area contributed by atoms with E-state index in [1.807, 2.05) is 0 Å². The third kappa shape index (κ3) is 4.93. The number of allylic oxidation sites excluding steroid dienone is 3. The highest BCUT2D eigenvalue weighted by molar-refractivity contribution is 5.15. The average molecular weight is 182 g/mol. The van der Waals surface area contributed by atoms with Crippen LogP contribution in [0.4, 0.5) is 17.6 Å². The highest BCUT2D eigenvalue weighted by atomic mass is 19.4. The molecule has 0 radical (unpaired) electrons. The first-order chi connectivity index (χ1) is 5.37. The van der Waals surface area contributed by atoms with Crippen LogP contribution in [0.3, 0.4) is 0 Å². The molecule has 0 aromatic rings. The summed E-state index contributed by atoms with van der Waals surface area (Å²) in [6.45, 7) is 4.43. The van der Waals surface area contributed by atoms with Gasteiger partial charge in [-0.25, -0.2) is 4.39 Å². The van der Waals surface area contributed by atoms with Crippen molar-refractivity contribution in [2.45, 2.75) is 25.9 Å². The monoisotopic (exact) mass is 182 g/mol. The predicted molar refractivity (Wildman–Crippen MR) is 39.3 cm³/mol. The van der Waals surface area contributed by atoms with Crippen LogP contribution >= 0.6 is 0 Å². The first-order valence-corrected chi connectivity index (χ1v) is 3.41. The van der Waals surface area contributed by atoms with Crippen LogP contribution in [0.15, 0.2) is 24.1 Å². The lowest BCUT2D eigenvalue weighted by atomic mass is 10.1. The Morgan fingerprint density at radius 1 is 1.42 bits per heavy atom. The summed E-state index contributed by atoms with van der Waals surface area (Å²) in [6.07, 6.45) is -4.60. The van der Waals surface area contributed by atoms with Crippen LogP contribution < -0.4 is 0 Å². The number of hydrogen-bond acceptors (Lipinski definition) is 0. The molecule has 0 aliphatic carbocycles. The van der Waals surface area contributed by atoms with Crippen molar-refractivity contribution >= 4 is 0 Å². The van der Waals surface area contributed by atoms with Crippen molar-refractivity contribution in [1.82, 2.24) is 0 Å². The van der Waals surface area contributed by atoms with E-state index in [1.165, 1.54) is 6.92 Å². The summed E-state index contributed by atoms with van der Waals surface area (Å²) >= 11 is 0. The molecule has 0 amide bonds. The van der Waals surface area contributed by atoms with E-state index >= 15 is 0 Å². The Bertz CT molecular complexity index is 188. The topological polar surface area (TPSA) is 0 Å². The second-order valence-corrected chi connectivity index (χ2v) is 2.45. The molecule has 0 spiro atoms. The maximum absolute atomic E-state index is 12.5. The Morgan fingerprint density at radius 3 is 2.25 bits per heavy atom. The summed E-state index contributed by atoms with van der Waals surface area (Å²) < 4.78 is 47.3. The zero-order valence-electron chi connectivity index (χ0n) is 6.71. The Hall–Kier alpha value is -0.800. The molecule has 0 N–H and O–H groups in total. The lowest BCUT2D eigenvalue weighted by Crippen LogP contribution is -2.06. The van der Waals surface area contributed by atoms with Crippen LogP contribution in [0.2, 0.25) is 0 Å². The molecule has 0 rings (SSSR count).